The maximum Gasteiger partial charge on any atom is 0.196 e. The lowest BCUT2D eigenvalue weighted by atomic mass is 9.78. The molecule has 1 aliphatic carbocycles. The van der Waals surface area contributed by atoms with E-state index in [0.717, 1.165) is 29.5 Å². The molecule has 5 heteroatoms. The van der Waals surface area contributed by atoms with Crippen molar-refractivity contribution in [2.75, 3.05) is 18.6 Å². The fourth-order valence-corrected chi connectivity index (χ4v) is 3.80. The molecule has 2 N–H and O–H groups in total. The number of halogens is 1. The van der Waals surface area contributed by atoms with Gasteiger partial charge in [0.05, 0.1) is 18.2 Å². The summed E-state index contributed by atoms with van der Waals surface area (Å²) in [5.41, 5.74) is 7.17. The molecule has 1 aliphatic heterocycles. The summed E-state index contributed by atoms with van der Waals surface area (Å²) in [4.78, 5) is 6.71. The van der Waals surface area contributed by atoms with Crippen LogP contribution >= 0.6 is 15.9 Å². The van der Waals surface area contributed by atoms with E-state index < -0.39 is 0 Å². The highest BCUT2D eigenvalue weighted by molar-refractivity contribution is 9.10. The summed E-state index contributed by atoms with van der Waals surface area (Å²) in [6, 6.07) is 8.25. The van der Waals surface area contributed by atoms with Crippen molar-refractivity contribution in [1.82, 2.24) is 0 Å². The number of methoxy groups -OCH3 is 1. The van der Waals surface area contributed by atoms with Crippen LogP contribution in [-0.2, 0) is 4.74 Å². The predicted octanol–water partition coefficient (Wildman–Crippen LogP) is 2.91. The quantitative estimate of drug-likeness (QED) is 0.902. The van der Waals surface area contributed by atoms with Gasteiger partial charge in [0.1, 0.15) is 0 Å². The first-order valence-corrected chi connectivity index (χ1v) is 7.85. The Kier molecular flexibility index (Phi) is 3.73. The van der Waals surface area contributed by atoms with Gasteiger partial charge < -0.3 is 15.4 Å². The highest BCUT2D eigenvalue weighted by atomic mass is 79.9. The first kappa shape index (κ1) is 13.9. The van der Waals surface area contributed by atoms with Crippen LogP contribution < -0.4 is 10.6 Å². The van der Waals surface area contributed by atoms with Crippen molar-refractivity contribution in [3.63, 3.8) is 0 Å². The zero-order chi connectivity index (χ0) is 14.2. The van der Waals surface area contributed by atoms with Crippen molar-refractivity contribution in [3.8, 4) is 0 Å². The molecule has 0 bridgehead atoms. The minimum Gasteiger partial charge on any atom is -0.379 e. The number of aliphatic imine (C=N–C) groups is 1. The van der Waals surface area contributed by atoms with Gasteiger partial charge in [0.15, 0.2) is 5.96 Å². The summed E-state index contributed by atoms with van der Waals surface area (Å²) in [6.45, 7) is 0.730. The van der Waals surface area contributed by atoms with E-state index in [2.05, 4.69) is 38.0 Å². The molecule has 20 heavy (non-hydrogen) atoms. The van der Waals surface area contributed by atoms with Gasteiger partial charge in [0.25, 0.3) is 0 Å². The van der Waals surface area contributed by atoms with Gasteiger partial charge in [-0.05, 0) is 37.1 Å². The maximum absolute atomic E-state index is 6.18. The molecule has 0 saturated heterocycles. The third-order valence-electron chi connectivity index (χ3n) is 4.48. The smallest absolute Gasteiger partial charge is 0.196 e. The Morgan fingerprint density at radius 2 is 2.10 bits per heavy atom. The van der Waals surface area contributed by atoms with Gasteiger partial charge >= 0.3 is 0 Å². The van der Waals surface area contributed by atoms with Crippen LogP contribution in [0.3, 0.4) is 0 Å². The molecule has 1 aromatic rings. The molecule has 1 spiro atoms. The molecular weight excluding hydrogens is 318 g/mol. The van der Waals surface area contributed by atoms with Crippen LogP contribution in [0.1, 0.15) is 25.7 Å². The normalized spacial score (nSPS) is 29.8. The predicted molar refractivity (Wildman–Crippen MR) is 85.1 cm³/mol. The maximum atomic E-state index is 6.18. The number of hydrogen-bond acceptors (Lipinski definition) is 4. The fraction of sp³-hybridized carbons (Fsp3) is 0.533. The van der Waals surface area contributed by atoms with Crippen molar-refractivity contribution in [2.24, 2.45) is 10.7 Å². The van der Waals surface area contributed by atoms with E-state index in [1.165, 1.54) is 12.8 Å². The number of benzene rings is 1. The van der Waals surface area contributed by atoms with Gasteiger partial charge in [-0.25, -0.2) is 0 Å². The van der Waals surface area contributed by atoms with Crippen LogP contribution in [0.4, 0.5) is 5.69 Å². The second kappa shape index (κ2) is 5.37. The SMILES string of the molecule is COC1CCCCC12CN=C(N)N2c1ccc(Br)cc1. The van der Waals surface area contributed by atoms with Crippen LogP contribution in [0.25, 0.3) is 0 Å². The highest BCUT2D eigenvalue weighted by Crippen LogP contribution is 2.41. The molecule has 1 heterocycles. The number of nitrogens with two attached hydrogens (primary N) is 1. The molecule has 2 aliphatic rings. The summed E-state index contributed by atoms with van der Waals surface area (Å²) in [6.07, 6.45) is 4.76. The molecule has 4 nitrogen and oxygen atoms in total. The summed E-state index contributed by atoms with van der Waals surface area (Å²) in [7, 11) is 1.80. The number of hydrogen-bond donors (Lipinski definition) is 1. The van der Waals surface area contributed by atoms with Crippen molar-refractivity contribution in [3.05, 3.63) is 28.7 Å². The Bertz CT molecular complexity index is 516. The average Bonchev–Trinajstić information content (AvgIpc) is 2.78. The molecule has 0 radical (unpaired) electrons. The monoisotopic (exact) mass is 337 g/mol. The zero-order valence-electron chi connectivity index (χ0n) is 11.7. The van der Waals surface area contributed by atoms with Gasteiger partial charge in [-0.3, -0.25) is 4.99 Å². The number of nitrogens with zero attached hydrogens (tertiary/aromatic N) is 2. The highest BCUT2D eigenvalue weighted by Gasteiger charge is 2.50. The lowest BCUT2D eigenvalue weighted by Crippen LogP contribution is -2.61. The zero-order valence-corrected chi connectivity index (χ0v) is 13.3. The Morgan fingerprint density at radius 3 is 2.80 bits per heavy atom. The summed E-state index contributed by atoms with van der Waals surface area (Å²) in [5.74, 6) is 0.608. The Morgan fingerprint density at radius 1 is 1.35 bits per heavy atom. The molecule has 1 fully saturated rings. The topological polar surface area (TPSA) is 50.9 Å². The van der Waals surface area contributed by atoms with Gasteiger partial charge in [0.2, 0.25) is 0 Å². The summed E-state index contributed by atoms with van der Waals surface area (Å²) < 4.78 is 6.84. The van der Waals surface area contributed by atoms with Gasteiger partial charge in [-0.2, -0.15) is 0 Å². The van der Waals surface area contributed by atoms with Crippen LogP contribution in [0.15, 0.2) is 33.7 Å². The van der Waals surface area contributed by atoms with E-state index >= 15 is 0 Å². The second-order valence-electron chi connectivity index (χ2n) is 5.56. The molecule has 0 amide bonds. The fourth-order valence-electron chi connectivity index (χ4n) is 3.53. The standard InChI is InChI=1S/C15H20BrN3O/c1-20-13-4-2-3-9-15(13)10-18-14(17)19(15)12-7-5-11(16)6-8-12/h5-8,13H,2-4,9-10H2,1H3,(H2,17,18). The summed E-state index contributed by atoms with van der Waals surface area (Å²) >= 11 is 3.48. The minimum atomic E-state index is -0.106. The van der Waals surface area contributed by atoms with E-state index in [4.69, 9.17) is 10.5 Å². The lowest BCUT2D eigenvalue weighted by molar-refractivity contribution is 0.0144. The molecule has 2 atom stereocenters. The van der Waals surface area contributed by atoms with Crippen molar-refractivity contribution in [1.29, 1.82) is 0 Å². The van der Waals surface area contributed by atoms with Gasteiger partial charge in [-0.15, -0.1) is 0 Å². The van der Waals surface area contributed by atoms with Crippen molar-refractivity contribution >= 4 is 27.6 Å². The van der Waals surface area contributed by atoms with E-state index in [0.29, 0.717) is 5.96 Å². The Balaban J connectivity index is 2.00. The van der Waals surface area contributed by atoms with E-state index in [1.807, 2.05) is 12.1 Å². The largest absolute Gasteiger partial charge is 0.379 e. The molecule has 2 unspecified atom stereocenters. The lowest BCUT2D eigenvalue weighted by Gasteiger charge is -2.46. The van der Waals surface area contributed by atoms with E-state index in [1.54, 1.807) is 7.11 Å². The van der Waals surface area contributed by atoms with Crippen LogP contribution in [0.5, 0.6) is 0 Å². The molecule has 1 saturated carbocycles. The van der Waals surface area contributed by atoms with Crippen LogP contribution in [0, 0.1) is 0 Å². The molecule has 0 aromatic heterocycles. The Labute approximate surface area is 128 Å². The molecule has 1 aromatic carbocycles. The average molecular weight is 338 g/mol. The van der Waals surface area contributed by atoms with Gasteiger partial charge in [-0.1, -0.05) is 28.8 Å². The Hall–Kier alpha value is -1.07. The van der Waals surface area contributed by atoms with E-state index in [-0.39, 0.29) is 11.6 Å². The summed E-state index contributed by atoms with van der Waals surface area (Å²) in [5, 5.41) is 0. The van der Waals surface area contributed by atoms with Crippen molar-refractivity contribution in [2.45, 2.75) is 37.3 Å². The number of guanidine groups is 1. The van der Waals surface area contributed by atoms with Crippen LogP contribution in [-0.4, -0.2) is 31.3 Å². The molecular formula is C15H20BrN3O. The number of anilines is 1. The third kappa shape index (κ3) is 2.13. The molecule has 108 valence electrons. The number of ether oxygens (including phenoxy) is 1. The third-order valence-corrected chi connectivity index (χ3v) is 5.01. The van der Waals surface area contributed by atoms with Crippen LogP contribution in [0.2, 0.25) is 0 Å². The first-order valence-electron chi connectivity index (χ1n) is 7.06. The number of rotatable bonds is 2. The van der Waals surface area contributed by atoms with E-state index in [9.17, 15) is 0 Å². The second-order valence-corrected chi connectivity index (χ2v) is 6.48. The minimum absolute atomic E-state index is 0.106. The first-order chi connectivity index (χ1) is 9.67. The van der Waals surface area contributed by atoms with Crippen molar-refractivity contribution < 1.29 is 4.74 Å². The molecule has 3 rings (SSSR count). The van der Waals surface area contributed by atoms with Gasteiger partial charge in [0, 0.05) is 17.3 Å².